The predicted molar refractivity (Wildman–Crippen MR) is 101 cm³/mol. The van der Waals surface area contributed by atoms with Gasteiger partial charge in [-0.05, 0) is 49.1 Å². The van der Waals surface area contributed by atoms with Gasteiger partial charge in [0.2, 0.25) is 0 Å². The maximum atomic E-state index is 11.7. The molecule has 4 heteroatoms. The van der Waals surface area contributed by atoms with Crippen molar-refractivity contribution in [2.24, 2.45) is 11.3 Å². The fourth-order valence-electron chi connectivity index (χ4n) is 4.44. The second-order valence-electron chi connectivity index (χ2n) is 7.93. The SMILES string of the molecule is C=C(C)[C@@H]1CC[C@]2(COC(=O)C2)C[C@H]1c1ccc(COCCOC)cc1. The van der Waals surface area contributed by atoms with E-state index in [0.717, 1.165) is 19.3 Å². The van der Waals surface area contributed by atoms with Crippen LogP contribution in [0.15, 0.2) is 36.4 Å². The standard InChI is InChI=1S/C22H30O4/c1-16(2)19-8-9-22(13-21(23)26-15-22)12-20(19)18-6-4-17(5-7-18)14-25-11-10-24-3/h4-7,19-20H,1,8-15H2,2-3H3/t19-,20-,22-/m0/s1. The average molecular weight is 358 g/mol. The van der Waals surface area contributed by atoms with Crippen LogP contribution in [0.4, 0.5) is 0 Å². The minimum absolute atomic E-state index is 0.0234. The molecule has 2 fully saturated rings. The Morgan fingerprint density at radius 3 is 2.69 bits per heavy atom. The Balaban J connectivity index is 1.71. The molecule has 3 rings (SSSR count). The summed E-state index contributed by atoms with van der Waals surface area (Å²) in [5.41, 5.74) is 3.76. The molecule has 2 aliphatic rings. The van der Waals surface area contributed by atoms with Crippen molar-refractivity contribution >= 4 is 5.97 Å². The molecule has 0 amide bonds. The van der Waals surface area contributed by atoms with Crippen LogP contribution in [0, 0.1) is 11.3 Å². The fraction of sp³-hybridized carbons (Fsp3) is 0.591. The number of hydrogen-bond donors (Lipinski definition) is 0. The van der Waals surface area contributed by atoms with Crippen LogP contribution in [0.25, 0.3) is 0 Å². The molecule has 142 valence electrons. The van der Waals surface area contributed by atoms with E-state index in [1.165, 1.54) is 16.7 Å². The number of esters is 1. The third-order valence-corrected chi connectivity index (χ3v) is 5.92. The molecule has 1 aliphatic carbocycles. The molecule has 3 atom stereocenters. The van der Waals surface area contributed by atoms with Gasteiger partial charge in [-0.1, -0.05) is 36.4 Å². The van der Waals surface area contributed by atoms with Crippen molar-refractivity contribution in [3.8, 4) is 0 Å². The molecule has 1 aliphatic heterocycles. The highest BCUT2D eigenvalue weighted by molar-refractivity contribution is 5.72. The second-order valence-corrected chi connectivity index (χ2v) is 7.93. The van der Waals surface area contributed by atoms with Gasteiger partial charge in [-0.3, -0.25) is 4.79 Å². The van der Waals surface area contributed by atoms with Gasteiger partial charge >= 0.3 is 5.97 Å². The topological polar surface area (TPSA) is 44.8 Å². The Morgan fingerprint density at radius 1 is 1.31 bits per heavy atom. The molecule has 26 heavy (non-hydrogen) atoms. The molecule has 1 spiro atoms. The maximum Gasteiger partial charge on any atom is 0.306 e. The number of ether oxygens (including phenoxy) is 3. The molecule has 0 N–H and O–H groups in total. The Kier molecular flexibility index (Phi) is 6.15. The highest BCUT2D eigenvalue weighted by atomic mass is 16.5. The van der Waals surface area contributed by atoms with Crippen molar-refractivity contribution in [1.82, 2.24) is 0 Å². The zero-order valence-corrected chi connectivity index (χ0v) is 16.0. The molecule has 4 nitrogen and oxygen atoms in total. The van der Waals surface area contributed by atoms with E-state index >= 15 is 0 Å². The van der Waals surface area contributed by atoms with Crippen molar-refractivity contribution in [1.29, 1.82) is 0 Å². The summed E-state index contributed by atoms with van der Waals surface area (Å²) in [7, 11) is 1.68. The number of rotatable bonds is 7. The van der Waals surface area contributed by atoms with E-state index in [1.54, 1.807) is 7.11 Å². The molecule has 0 unspecified atom stereocenters. The van der Waals surface area contributed by atoms with Crippen molar-refractivity contribution in [2.75, 3.05) is 26.9 Å². The van der Waals surface area contributed by atoms with Crippen LogP contribution in [0.2, 0.25) is 0 Å². The monoisotopic (exact) mass is 358 g/mol. The van der Waals surface area contributed by atoms with Gasteiger partial charge in [0.05, 0.1) is 32.8 Å². The third kappa shape index (κ3) is 4.36. The smallest absolute Gasteiger partial charge is 0.306 e. The summed E-state index contributed by atoms with van der Waals surface area (Å²) in [5.74, 6) is 0.834. The number of carbonyl (C=O) groups excluding carboxylic acids is 1. The van der Waals surface area contributed by atoms with Crippen LogP contribution in [0.3, 0.4) is 0 Å². The average Bonchev–Trinajstić information content (AvgIpc) is 2.99. The van der Waals surface area contributed by atoms with Gasteiger partial charge in [0, 0.05) is 12.5 Å². The molecule has 0 aromatic heterocycles. The van der Waals surface area contributed by atoms with E-state index in [9.17, 15) is 4.79 Å². The summed E-state index contributed by atoms with van der Waals surface area (Å²) in [4.78, 5) is 11.7. The van der Waals surface area contributed by atoms with Crippen LogP contribution < -0.4 is 0 Å². The molecule has 0 bridgehead atoms. The van der Waals surface area contributed by atoms with Gasteiger partial charge in [-0.25, -0.2) is 0 Å². The number of allylic oxidation sites excluding steroid dienone is 1. The molecular weight excluding hydrogens is 328 g/mol. The van der Waals surface area contributed by atoms with Crippen molar-refractivity contribution < 1.29 is 19.0 Å². The van der Waals surface area contributed by atoms with E-state index in [-0.39, 0.29) is 11.4 Å². The van der Waals surface area contributed by atoms with Crippen molar-refractivity contribution in [3.63, 3.8) is 0 Å². The van der Waals surface area contributed by atoms with E-state index in [4.69, 9.17) is 14.2 Å². The van der Waals surface area contributed by atoms with Gasteiger partial charge in [0.15, 0.2) is 0 Å². The van der Waals surface area contributed by atoms with Gasteiger partial charge in [0.1, 0.15) is 0 Å². The van der Waals surface area contributed by atoms with Crippen LogP contribution in [-0.2, 0) is 25.6 Å². The normalized spacial score (nSPS) is 28.3. The van der Waals surface area contributed by atoms with E-state index in [0.29, 0.717) is 44.7 Å². The molecule has 1 saturated carbocycles. The zero-order valence-electron chi connectivity index (χ0n) is 16.0. The Bertz CT molecular complexity index is 636. The van der Waals surface area contributed by atoms with Crippen molar-refractivity contribution in [3.05, 3.63) is 47.5 Å². The third-order valence-electron chi connectivity index (χ3n) is 5.92. The van der Waals surface area contributed by atoms with Gasteiger partial charge in [0.25, 0.3) is 0 Å². The van der Waals surface area contributed by atoms with Gasteiger partial charge < -0.3 is 14.2 Å². The Labute approximate surface area is 156 Å². The predicted octanol–water partition coefficient (Wildman–Crippen LogP) is 4.24. The first-order valence-corrected chi connectivity index (χ1v) is 9.49. The molecule has 1 aromatic carbocycles. The van der Waals surface area contributed by atoms with E-state index in [2.05, 4.69) is 37.8 Å². The quantitative estimate of drug-likeness (QED) is 0.415. The van der Waals surface area contributed by atoms with Gasteiger partial charge in [-0.2, -0.15) is 0 Å². The summed E-state index contributed by atoms with van der Waals surface area (Å²) < 4.78 is 15.9. The molecular formula is C22H30O4. The molecule has 1 heterocycles. The zero-order chi connectivity index (χ0) is 18.6. The van der Waals surface area contributed by atoms with E-state index in [1.807, 2.05) is 0 Å². The first-order valence-electron chi connectivity index (χ1n) is 9.49. The Hall–Kier alpha value is -1.65. The Morgan fingerprint density at radius 2 is 2.08 bits per heavy atom. The lowest BCUT2D eigenvalue weighted by Crippen LogP contribution is -2.33. The number of methoxy groups -OCH3 is 1. The van der Waals surface area contributed by atoms with Crippen molar-refractivity contribution in [2.45, 2.75) is 45.1 Å². The lowest BCUT2D eigenvalue weighted by Gasteiger charge is -2.42. The lowest BCUT2D eigenvalue weighted by atomic mass is 9.61. The summed E-state index contributed by atoms with van der Waals surface area (Å²) >= 11 is 0. The molecule has 0 radical (unpaired) electrons. The van der Waals surface area contributed by atoms with Crippen LogP contribution in [0.1, 0.15) is 49.7 Å². The lowest BCUT2D eigenvalue weighted by molar-refractivity contribution is -0.137. The number of carbonyl (C=O) groups is 1. The number of cyclic esters (lactones) is 1. The van der Waals surface area contributed by atoms with Crippen LogP contribution in [-0.4, -0.2) is 32.9 Å². The van der Waals surface area contributed by atoms with Gasteiger partial charge in [-0.15, -0.1) is 0 Å². The van der Waals surface area contributed by atoms with E-state index < -0.39 is 0 Å². The molecule has 1 saturated heterocycles. The highest BCUT2D eigenvalue weighted by Crippen LogP contribution is 2.52. The summed E-state index contributed by atoms with van der Waals surface area (Å²) in [6.45, 7) is 8.76. The highest BCUT2D eigenvalue weighted by Gasteiger charge is 2.47. The minimum atomic E-state index is -0.0407. The van der Waals surface area contributed by atoms with Crippen LogP contribution in [0.5, 0.6) is 0 Å². The summed E-state index contributed by atoms with van der Waals surface area (Å²) in [6.07, 6.45) is 3.70. The first kappa shape index (κ1) is 19.1. The second kappa shape index (κ2) is 8.36. The number of benzene rings is 1. The maximum absolute atomic E-state index is 11.7. The summed E-state index contributed by atoms with van der Waals surface area (Å²) in [5, 5.41) is 0. The number of hydrogen-bond acceptors (Lipinski definition) is 4. The van der Waals surface area contributed by atoms with Crippen LogP contribution >= 0.6 is 0 Å². The first-order chi connectivity index (χ1) is 12.5. The minimum Gasteiger partial charge on any atom is -0.465 e. The largest absolute Gasteiger partial charge is 0.465 e. The summed E-state index contributed by atoms with van der Waals surface area (Å²) in [6, 6.07) is 8.73. The fourth-order valence-corrected chi connectivity index (χ4v) is 4.44. The molecule has 1 aromatic rings.